The second-order valence-corrected chi connectivity index (χ2v) is 6.81. The molecule has 0 aliphatic carbocycles. The van der Waals surface area contributed by atoms with Gasteiger partial charge >= 0.3 is 0 Å². The molecule has 0 saturated heterocycles. The molecule has 1 aromatic heterocycles. The number of rotatable bonds is 3. The summed E-state index contributed by atoms with van der Waals surface area (Å²) in [7, 11) is -3.43. The van der Waals surface area contributed by atoms with Gasteiger partial charge in [-0.1, -0.05) is 19.1 Å². The Hall–Kier alpha value is -1.66. The minimum Gasteiger partial charge on any atom is -0.333 e. The van der Waals surface area contributed by atoms with E-state index in [2.05, 4.69) is 4.98 Å². The van der Waals surface area contributed by atoms with Gasteiger partial charge in [-0.15, -0.1) is 0 Å². The Morgan fingerprint density at radius 2 is 1.95 bits per heavy atom. The Balaban J connectivity index is 1.88. The number of imidazole rings is 1. The van der Waals surface area contributed by atoms with Crippen molar-refractivity contribution in [2.75, 3.05) is 6.54 Å². The summed E-state index contributed by atoms with van der Waals surface area (Å²) in [5.74, 6) is 0.796. The van der Waals surface area contributed by atoms with E-state index >= 15 is 0 Å². The van der Waals surface area contributed by atoms with Crippen molar-refractivity contribution in [3.63, 3.8) is 0 Å². The number of hydrogen-bond donors (Lipinski definition) is 0. The van der Waals surface area contributed by atoms with E-state index in [0.29, 0.717) is 24.5 Å². The van der Waals surface area contributed by atoms with Crippen LogP contribution in [0.25, 0.3) is 0 Å². The van der Waals surface area contributed by atoms with Gasteiger partial charge in [0, 0.05) is 25.5 Å². The number of fused-ring (bicyclic) bond motifs is 1. The fraction of sp³-hybridized carbons (Fsp3) is 0.357. The van der Waals surface area contributed by atoms with E-state index in [1.165, 1.54) is 4.31 Å². The first-order valence-corrected chi connectivity index (χ1v) is 8.14. The Morgan fingerprint density at radius 1 is 1.20 bits per heavy atom. The van der Waals surface area contributed by atoms with E-state index < -0.39 is 10.0 Å². The van der Waals surface area contributed by atoms with Crippen LogP contribution in [-0.2, 0) is 29.5 Å². The first-order chi connectivity index (χ1) is 9.61. The summed E-state index contributed by atoms with van der Waals surface area (Å²) in [6, 6.07) is 7.13. The quantitative estimate of drug-likeness (QED) is 0.864. The van der Waals surface area contributed by atoms with Gasteiger partial charge in [-0.2, -0.15) is 4.31 Å². The third kappa shape index (κ3) is 2.25. The van der Waals surface area contributed by atoms with Crippen molar-refractivity contribution in [1.82, 2.24) is 13.9 Å². The van der Waals surface area contributed by atoms with Crippen LogP contribution in [0, 0.1) is 0 Å². The minimum absolute atomic E-state index is 0.338. The van der Waals surface area contributed by atoms with Gasteiger partial charge in [0.15, 0.2) is 0 Å². The summed E-state index contributed by atoms with van der Waals surface area (Å²) in [6.07, 6.45) is 4.50. The SMILES string of the molecule is CCc1ccc(S(=O)(=O)N2CCn3ccnc3C2)cc1. The molecule has 5 nitrogen and oxygen atoms in total. The van der Waals surface area contributed by atoms with Crippen LogP contribution in [0.5, 0.6) is 0 Å². The van der Waals surface area contributed by atoms with E-state index in [4.69, 9.17) is 0 Å². The third-order valence-corrected chi connectivity index (χ3v) is 5.54. The predicted molar refractivity (Wildman–Crippen MR) is 75.6 cm³/mol. The van der Waals surface area contributed by atoms with Crippen molar-refractivity contribution >= 4 is 10.0 Å². The van der Waals surface area contributed by atoms with Crippen LogP contribution in [0.4, 0.5) is 0 Å². The molecular formula is C14H17N3O2S. The van der Waals surface area contributed by atoms with E-state index in [1.54, 1.807) is 18.3 Å². The normalized spacial score (nSPS) is 16.1. The zero-order valence-corrected chi connectivity index (χ0v) is 12.2. The summed E-state index contributed by atoms with van der Waals surface area (Å²) in [6.45, 7) is 3.53. The zero-order valence-electron chi connectivity index (χ0n) is 11.4. The number of benzene rings is 1. The predicted octanol–water partition coefficient (Wildman–Crippen LogP) is 1.65. The van der Waals surface area contributed by atoms with E-state index in [1.807, 2.05) is 29.8 Å². The lowest BCUT2D eigenvalue weighted by Crippen LogP contribution is -2.38. The third-order valence-electron chi connectivity index (χ3n) is 3.68. The van der Waals surface area contributed by atoms with Gasteiger partial charge in [-0.25, -0.2) is 13.4 Å². The number of aryl methyl sites for hydroxylation is 1. The van der Waals surface area contributed by atoms with Crippen molar-refractivity contribution in [3.8, 4) is 0 Å². The number of sulfonamides is 1. The second-order valence-electron chi connectivity index (χ2n) is 4.87. The average molecular weight is 291 g/mol. The van der Waals surface area contributed by atoms with Crippen LogP contribution in [0.15, 0.2) is 41.6 Å². The number of hydrogen-bond acceptors (Lipinski definition) is 3. The van der Waals surface area contributed by atoms with Crippen molar-refractivity contribution in [2.24, 2.45) is 0 Å². The smallest absolute Gasteiger partial charge is 0.243 e. The highest BCUT2D eigenvalue weighted by molar-refractivity contribution is 7.89. The summed E-state index contributed by atoms with van der Waals surface area (Å²) >= 11 is 0. The fourth-order valence-corrected chi connectivity index (χ4v) is 3.79. The van der Waals surface area contributed by atoms with Crippen molar-refractivity contribution < 1.29 is 8.42 Å². The number of nitrogens with zero attached hydrogens (tertiary/aromatic N) is 3. The summed E-state index contributed by atoms with van der Waals surface area (Å²) in [5.41, 5.74) is 1.14. The molecule has 0 spiro atoms. The van der Waals surface area contributed by atoms with Crippen LogP contribution in [0.2, 0.25) is 0 Å². The largest absolute Gasteiger partial charge is 0.333 e. The van der Waals surface area contributed by atoms with Gasteiger partial charge in [0.1, 0.15) is 5.82 Å². The van der Waals surface area contributed by atoms with Gasteiger partial charge in [-0.05, 0) is 24.1 Å². The van der Waals surface area contributed by atoms with Crippen molar-refractivity contribution in [3.05, 3.63) is 48.0 Å². The molecule has 1 aliphatic heterocycles. The standard InChI is InChI=1S/C14H17N3O2S/c1-2-12-3-5-13(6-4-12)20(18,19)17-10-9-16-8-7-15-14(16)11-17/h3-8H,2,9-11H2,1H3. The first kappa shape index (κ1) is 13.3. The maximum Gasteiger partial charge on any atom is 0.243 e. The molecule has 0 N–H and O–H groups in total. The second kappa shape index (κ2) is 5.03. The van der Waals surface area contributed by atoms with E-state index in [9.17, 15) is 8.42 Å². The molecule has 106 valence electrons. The maximum atomic E-state index is 12.6. The Bertz CT molecular complexity index is 704. The molecule has 0 amide bonds. The average Bonchev–Trinajstić information content (AvgIpc) is 2.94. The first-order valence-electron chi connectivity index (χ1n) is 6.70. The van der Waals surface area contributed by atoms with E-state index in [0.717, 1.165) is 17.8 Å². The molecule has 0 fully saturated rings. The molecule has 0 unspecified atom stereocenters. The van der Waals surface area contributed by atoms with Gasteiger partial charge in [0.05, 0.1) is 11.4 Å². The summed E-state index contributed by atoms with van der Waals surface area (Å²) in [5, 5.41) is 0. The lowest BCUT2D eigenvalue weighted by Gasteiger charge is -2.27. The monoisotopic (exact) mass is 291 g/mol. The molecule has 6 heteroatoms. The van der Waals surface area contributed by atoms with Crippen molar-refractivity contribution in [2.45, 2.75) is 31.3 Å². The lowest BCUT2D eigenvalue weighted by atomic mass is 10.2. The molecule has 2 heterocycles. The van der Waals surface area contributed by atoms with Crippen LogP contribution in [0.1, 0.15) is 18.3 Å². The highest BCUT2D eigenvalue weighted by Crippen LogP contribution is 2.21. The van der Waals surface area contributed by atoms with Crippen molar-refractivity contribution in [1.29, 1.82) is 0 Å². The Kier molecular flexibility index (Phi) is 3.35. The number of aromatic nitrogens is 2. The molecule has 0 saturated carbocycles. The highest BCUT2D eigenvalue weighted by Gasteiger charge is 2.28. The Labute approximate surface area is 118 Å². The molecule has 20 heavy (non-hydrogen) atoms. The minimum atomic E-state index is -3.43. The van der Waals surface area contributed by atoms with Gasteiger partial charge in [0.25, 0.3) is 0 Å². The molecule has 0 bridgehead atoms. The Morgan fingerprint density at radius 3 is 2.65 bits per heavy atom. The highest BCUT2D eigenvalue weighted by atomic mass is 32.2. The lowest BCUT2D eigenvalue weighted by molar-refractivity contribution is 0.335. The molecule has 0 atom stereocenters. The van der Waals surface area contributed by atoms with Crippen LogP contribution >= 0.6 is 0 Å². The molecule has 1 aliphatic rings. The fourth-order valence-electron chi connectivity index (χ4n) is 2.40. The van der Waals surface area contributed by atoms with E-state index in [-0.39, 0.29) is 0 Å². The molecule has 0 radical (unpaired) electrons. The molecular weight excluding hydrogens is 274 g/mol. The topological polar surface area (TPSA) is 55.2 Å². The molecule has 1 aromatic carbocycles. The van der Waals surface area contributed by atoms with Gasteiger partial charge < -0.3 is 4.57 Å². The van der Waals surface area contributed by atoms with Crippen LogP contribution < -0.4 is 0 Å². The zero-order chi connectivity index (χ0) is 14.2. The van der Waals surface area contributed by atoms with Gasteiger partial charge in [-0.3, -0.25) is 0 Å². The van der Waals surface area contributed by atoms with Gasteiger partial charge in [0.2, 0.25) is 10.0 Å². The summed E-state index contributed by atoms with van der Waals surface area (Å²) in [4.78, 5) is 4.55. The van der Waals surface area contributed by atoms with Crippen LogP contribution in [-0.4, -0.2) is 28.8 Å². The summed E-state index contributed by atoms with van der Waals surface area (Å²) < 4.78 is 28.7. The molecule has 3 rings (SSSR count). The molecule has 2 aromatic rings. The maximum absolute atomic E-state index is 12.6. The van der Waals surface area contributed by atoms with Crippen LogP contribution in [0.3, 0.4) is 0 Å².